The lowest BCUT2D eigenvalue weighted by atomic mass is 10.1. The fourth-order valence-corrected chi connectivity index (χ4v) is 3.70. The number of hydrogen-bond donors (Lipinski definition) is 1. The predicted molar refractivity (Wildman–Crippen MR) is 101 cm³/mol. The zero-order chi connectivity index (χ0) is 18.4. The van der Waals surface area contributed by atoms with E-state index in [1.165, 1.54) is 24.3 Å². The lowest BCUT2D eigenvalue weighted by molar-refractivity contribution is 0.100. The maximum Gasteiger partial charge on any atom is 0.249 e. The monoisotopic (exact) mass is 414 g/mol. The maximum absolute atomic E-state index is 13.9. The molecule has 3 aromatic carbocycles. The van der Waals surface area contributed by atoms with Crippen molar-refractivity contribution in [3.8, 4) is 0 Å². The van der Waals surface area contributed by atoms with Crippen LogP contribution in [0.2, 0.25) is 0 Å². The minimum Gasteiger partial charge on any atom is -0.366 e. The third-order valence-electron chi connectivity index (χ3n) is 4.45. The zero-order valence-corrected chi connectivity index (χ0v) is 15.1. The number of amides is 1. The van der Waals surface area contributed by atoms with Gasteiger partial charge in [-0.1, -0.05) is 22.0 Å². The van der Waals surface area contributed by atoms with Crippen LogP contribution in [0.1, 0.15) is 15.9 Å². The van der Waals surface area contributed by atoms with Crippen LogP contribution in [0, 0.1) is 11.6 Å². The van der Waals surface area contributed by atoms with Gasteiger partial charge in [-0.3, -0.25) is 4.79 Å². The van der Waals surface area contributed by atoms with Gasteiger partial charge in [-0.05, 0) is 54.1 Å². The van der Waals surface area contributed by atoms with E-state index in [4.69, 9.17) is 5.73 Å². The summed E-state index contributed by atoms with van der Waals surface area (Å²) in [5.41, 5.74) is 7.95. The van der Waals surface area contributed by atoms with Crippen molar-refractivity contribution in [3.05, 3.63) is 81.8 Å². The quantitative estimate of drug-likeness (QED) is 0.504. The number of benzene rings is 3. The van der Waals surface area contributed by atoms with Crippen molar-refractivity contribution in [2.45, 2.75) is 6.54 Å². The number of aromatic nitrogens is 1. The Labute approximate surface area is 156 Å². The Morgan fingerprint density at radius 1 is 1.00 bits per heavy atom. The first kappa shape index (κ1) is 16.7. The minimum atomic E-state index is -0.550. The zero-order valence-electron chi connectivity index (χ0n) is 13.5. The number of carbonyl (C=O) groups excluding carboxylic acids is 1. The van der Waals surface area contributed by atoms with E-state index < -0.39 is 5.91 Å². The maximum atomic E-state index is 13.9. The van der Waals surface area contributed by atoms with Gasteiger partial charge >= 0.3 is 0 Å². The molecule has 0 saturated carbocycles. The molecule has 4 aromatic rings. The molecule has 0 aliphatic heterocycles. The molecule has 1 aromatic heterocycles. The molecule has 0 bridgehead atoms. The molecular formula is C20H13BrF2N2O. The van der Waals surface area contributed by atoms with Crippen molar-refractivity contribution < 1.29 is 13.6 Å². The summed E-state index contributed by atoms with van der Waals surface area (Å²) in [5.74, 6) is -1.29. The van der Waals surface area contributed by atoms with E-state index in [1.807, 2.05) is 10.6 Å². The number of nitrogens with two attached hydrogens (primary N) is 1. The van der Waals surface area contributed by atoms with Crippen molar-refractivity contribution in [2.24, 2.45) is 5.73 Å². The molecule has 0 spiro atoms. The van der Waals surface area contributed by atoms with Gasteiger partial charge in [0, 0.05) is 27.4 Å². The molecule has 0 radical (unpaired) electrons. The first-order valence-corrected chi connectivity index (χ1v) is 8.69. The Morgan fingerprint density at radius 3 is 2.50 bits per heavy atom. The summed E-state index contributed by atoms with van der Waals surface area (Å²) in [5, 5.41) is 1.39. The highest BCUT2D eigenvalue weighted by Crippen LogP contribution is 2.33. The number of primary amides is 1. The molecule has 1 heterocycles. The first-order chi connectivity index (χ1) is 12.5. The van der Waals surface area contributed by atoms with Crippen LogP contribution in [0.15, 0.2) is 59.1 Å². The Kier molecular flexibility index (Phi) is 4.00. The van der Waals surface area contributed by atoms with E-state index in [0.717, 1.165) is 15.4 Å². The van der Waals surface area contributed by atoms with Gasteiger partial charge < -0.3 is 10.3 Å². The summed E-state index contributed by atoms with van der Waals surface area (Å²) in [6, 6.07) is 14.0. The van der Waals surface area contributed by atoms with Crippen molar-refractivity contribution in [2.75, 3.05) is 0 Å². The SMILES string of the molecule is NC(=O)c1cccc2c1c1ccc(F)cc1n2Cc1cc(F)ccc1Br. The van der Waals surface area contributed by atoms with E-state index in [0.29, 0.717) is 28.6 Å². The minimum absolute atomic E-state index is 0.310. The highest BCUT2D eigenvalue weighted by Gasteiger charge is 2.17. The van der Waals surface area contributed by atoms with Gasteiger partial charge in [0.2, 0.25) is 5.91 Å². The summed E-state index contributed by atoms with van der Waals surface area (Å²) in [7, 11) is 0. The van der Waals surface area contributed by atoms with E-state index in [2.05, 4.69) is 15.9 Å². The van der Waals surface area contributed by atoms with E-state index in [1.54, 1.807) is 24.3 Å². The van der Waals surface area contributed by atoms with Crippen LogP contribution in [0.25, 0.3) is 21.8 Å². The lowest BCUT2D eigenvalue weighted by Crippen LogP contribution is -2.11. The molecule has 2 N–H and O–H groups in total. The molecular weight excluding hydrogens is 402 g/mol. The summed E-state index contributed by atoms with van der Waals surface area (Å²) in [4.78, 5) is 11.9. The predicted octanol–water partition coefficient (Wildman–Crippen LogP) is 4.98. The molecule has 4 rings (SSSR count). The Bertz CT molecular complexity index is 1180. The molecule has 3 nitrogen and oxygen atoms in total. The molecule has 1 amide bonds. The lowest BCUT2D eigenvalue weighted by Gasteiger charge is -2.10. The number of carbonyl (C=O) groups is 1. The average Bonchev–Trinajstić information content (AvgIpc) is 2.91. The van der Waals surface area contributed by atoms with Gasteiger partial charge in [-0.15, -0.1) is 0 Å². The summed E-state index contributed by atoms with van der Waals surface area (Å²) in [6.07, 6.45) is 0. The second-order valence-corrected chi connectivity index (χ2v) is 6.90. The highest BCUT2D eigenvalue weighted by atomic mass is 79.9. The van der Waals surface area contributed by atoms with Crippen molar-refractivity contribution >= 4 is 43.6 Å². The standard InChI is InChI=1S/C20H13BrF2N2O/c21-16-7-5-12(22)8-11(16)10-25-17-3-1-2-15(20(24)26)19(17)14-6-4-13(23)9-18(14)25/h1-9H,10H2,(H2,24,26). The second-order valence-electron chi connectivity index (χ2n) is 6.05. The van der Waals surface area contributed by atoms with Crippen LogP contribution >= 0.6 is 15.9 Å². The van der Waals surface area contributed by atoms with Gasteiger partial charge in [0.15, 0.2) is 0 Å². The molecule has 0 aliphatic carbocycles. The van der Waals surface area contributed by atoms with Crippen LogP contribution in [0.5, 0.6) is 0 Å². The highest BCUT2D eigenvalue weighted by molar-refractivity contribution is 9.10. The second kappa shape index (κ2) is 6.21. The topological polar surface area (TPSA) is 48.0 Å². The van der Waals surface area contributed by atoms with Gasteiger partial charge in [0.1, 0.15) is 11.6 Å². The molecule has 0 saturated heterocycles. The van der Waals surface area contributed by atoms with Gasteiger partial charge in [-0.25, -0.2) is 8.78 Å². The van der Waals surface area contributed by atoms with Gasteiger partial charge in [0.25, 0.3) is 0 Å². The Balaban J connectivity index is 2.06. The molecule has 0 unspecified atom stereocenters. The molecule has 0 atom stereocenters. The first-order valence-electron chi connectivity index (χ1n) is 7.90. The van der Waals surface area contributed by atoms with Crippen LogP contribution in [0.3, 0.4) is 0 Å². The molecule has 6 heteroatoms. The molecule has 0 fully saturated rings. The number of nitrogens with zero attached hydrogens (tertiary/aromatic N) is 1. The normalized spacial score (nSPS) is 11.3. The summed E-state index contributed by atoms with van der Waals surface area (Å²) < 4.78 is 30.2. The molecule has 130 valence electrons. The Hall–Kier alpha value is -2.73. The third-order valence-corrected chi connectivity index (χ3v) is 5.23. The van der Waals surface area contributed by atoms with Crippen LogP contribution in [-0.4, -0.2) is 10.5 Å². The van der Waals surface area contributed by atoms with Gasteiger partial charge in [-0.2, -0.15) is 0 Å². The largest absolute Gasteiger partial charge is 0.366 e. The summed E-state index contributed by atoms with van der Waals surface area (Å²) in [6.45, 7) is 0.310. The van der Waals surface area contributed by atoms with E-state index >= 15 is 0 Å². The van der Waals surface area contributed by atoms with Crippen molar-refractivity contribution in [1.82, 2.24) is 4.57 Å². The van der Waals surface area contributed by atoms with Crippen LogP contribution in [0.4, 0.5) is 8.78 Å². The van der Waals surface area contributed by atoms with Gasteiger partial charge in [0.05, 0.1) is 11.0 Å². The summed E-state index contributed by atoms with van der Waals surface area (Å²) >= 11 is 3.43. The van der Waals surface area contributed by atoms with E-state index in [9.17, 15) is 13.6 Å². The fraction of sp³-hybridized carbons (Fsp3) is 0.0500. The molecule has 0 aliphatic rings. The van der Waals surface area contributed by atoms with Crippen LogP contribution < -0.4 is 5.73 Å². The smallest absolute Gasteiger partial charge is 0.249 e. The number of rotatable bonds is 3. The van der Waals surface area contributed by atoms with E-state index in [-0.39, 0.29) is 11.6 Å². The number of fused-ring (bicyclic) bond motifs is 3. The Morgan fingerprint density at radius 2 is 1.73 bits per heavy atom. The van der Waals surface area contributed by atoms with Crippen molar-refractivity contribution in [1.29, 1.82) is 0 Å². The molecule has 26 heavy (non-hydrogen) atoms. The number of hydrogen-bond acceptors (Lipinski definition) is 1. The fourth-order valence-electron chi connectivity index (χ4n) is 3.33. The average molecular weight is 415 g/mol. The number of halogens is 3. The van der Waals surface area contributed by atoms with Crippen molar-refractivity contribution in [3.63, 3.8) is 0 Å². The third kappa shape index (κ3) is 2.66. The van der Waals surface area contributed by atoms with Crippen LogP contribution in [-0.2, 0) is 6.54 Å².